The highest BCUT2D eigenvalue weighted by Crippen LogP contribution is 2.44. The highest BCUT2D eigenvalue weighted by Gasteiger charge is 2.30. The van der Waals surface area contributed by atoms with Gasteiger partial charge >= 0.3 is 18.2 Å². The first-order valence-corrected chi connectivity index (χ1v) is 11.9. The molecule has 9 nitrogen and oxygen atoms in total. The van der Waals surface area contributed by atoms with Crippen LogP contribution in [0, 0.1) is 0 Å². The van der Waals surface area contributed by atoms with Gasteiger partial charge in [0.2, 0.25) is 0 Å². The number of nitrogens with one attached hydrogen (secondary N) is 2. The lowest BCUT2D eigenvalue weighted by Gasteiger charge is -2.19. The molecule has 0 bridgehead atoms. The summed E-state index contributed by atoms with van der Waals surface area (Å²) in [7, 11) is 0. The molecule has 3 aromatic rings. The van der Waals surface area contributed by atoms with Crippen LogP contribution in [0.15, 0.2) is 66.9 Å². The van der Waals surface area contributed by atoms with E-state index in [1.807, 2.05) is 48.5 Å². The number of aliphatic carboxylic acids is 1. The molecule has 9 heteroatoms. The molecule has 1 heterocycles. The lowest BCUT2D eigenvalue weighted by atomic mass is 9.98. The molecule has 0 saturated carbocycles. The molecule has 0 radical (unpaired) electrons. The minimum atomic E-state index is -1.24. The van der Waals surface area contributed by atoms with Crippen molar-refractivity contribution in [2.75, 3.05) is 11.9 Å². The van der Waals surface area contributed by atoms with Gasteiger partial charge in [-0.2, -0.15) is 0 Å². The SMILES string of the molecule is CC(C)(C)OC(=O)Nc1cc(C[C@@H](NC(=O)OCC2c3ccccc3-c3ccccc32)C(=O)O)ccn1. The number of benzene rings is 2. The minimum absolute atomic E-state index is 0.0367. The van der Waals surface area contributed by atoms with Crippen molar-refractivity contribution in [2.24, 2.45) is 0 Å². The Morgan fingerprint density at radius 1 is 0.973 bits per heavy atom. The predicted molar refractivity (Wildman–Crippen MR) is 137 cm³/mol. The van der Waals surface area contributed by atoms with Gasteiger partial charge in [-0.25, -0.2) is 19.4 Å². The third-order valence-electron chi connectivity index (χ3n) is 5.83. The van der Waals surface area contributed by atoms with Crippen molar-refractivity contribution >= 4 is 24.0 Å². The number of nitrogens with zero attached hydrogens (tertiary/aromatic N) is 1. The Balaban J connectivity index is 1.38. The van der Waals surface area contributed by atoms with Crippen LogP contribution < -0.4 is 10.6 Å². The van der Waals surface area contributed by atoms with Gasteiger partial charge in [0.1, 0.15) is 24.1 Å². The Kier molecular flexibility index (Phi) is 7.42. The summed E-state index contributed by atoms with van der Waals surface area (Å²) in [6.07, 6.45) is -0.0987. The lowest BCUT2D eigenvalue weighted by molar-refractivity contribution is -0.139. The average Bonchev–Trinajstić information content (AvgIpc) is 3.15. The van der Waals surface area contributed by atoms with E-state index in [-0.39, 0.29) is 24.8 Å². The number of rotatable bonds is 7. The molecule has 2 aromatic carbocycles. The zero-order valence-electron chi connectivity index (χ0n) is 20.9. The summed E-state index contributed by atoms with van der Waals surface area (Å²) in [5.41, 5.74) is 4.20. The highest BCUT2D eigenvalue weighted by atomic mass is 16.6. The first-order valence-electron chi connectivity index (χ1n) is 11.9. The molecule has 1 aliphatic carbocycles. The van der Waals surface area contributed by atoms with Gasteiger partial charge in [-0.05, 0) is 60.7 Å². The molecule has 2 amide bonds. The fraction of sp³-hybridized carbons (Fsp3) is 0.286. The van der Waals surface area contributed by atoms with Gasteiger partial charge in [-0.3, -0.25) is 5.32 Å². The predicted octanol–water partition coefficient (Wildman–Crippen LogP) is 4.96. The van der Waals surface area contributed by atoms with Gasteiger partial charge in [0, 0.05) is 18.5 Å². The summed E-state index contributed by atoms with van der Waals surface area (Å²) in [5.74, 6) is -1.15. The second-order valence-electron chi connectivity index (χ2n) is 9.74. The molecule has 0 spiro atoms. The van der Waals surface area contributed by atoms with E-state index < -0.39 is 29.8 Å². The van der Waals surface area contributed by atoms with Crippen molar-refractivity contribution in [3.8, 4) is 11.1 Å². The molecule has 0 aliphatic heterocycles. The molecule has 1 atom stereocenters. The van der Waals surface area contributed by atoms with Crippen molar-refractivity contribution in [3.63, 3.8) is 0 Å². The Bertz CT molecular complexity index is 1270. The van der Waals surface area contributed by atoms with Gasteiger partial charge in [0.05, 0.1) is 0 Å². The number of hydrogen-bond acceptors (Lipinski definition) is 6. The first-order chi connectivity index (χ1) is 17.6. The summed E-state index contributed by atoms with van der Waals surface area (Å²) < 4.78 is 10.7. The van der Waals surface area contributed by atoms with E-state index in [0.717, 1.165) is 22.3 Å². The minimum Gasteiger partial charge on any atom is -0.480 e. The van der Waals surface area contributed by atoms with E-state index in [0.29, 0.717) is 5.56 Å². The molecule has 37 heavy (non-hydrogen) atoms. The number of alkyl carbamates (subject to hydrolysis) is 1. The van der Waals surface area contributed by atoms with Crippen LogP contribution in [0.3, 0.4) is 0 Å². The van der Waals surface area contributed by atoms with Crippen LogP contribution in [0.25, 0.3) is 11.1 Å². The zero-order valence-corrected chi connectivity index (χ0v) is 20.9. The maximum atomic E-state index is 12.6. The summed E-state index contributed by atoms with van der Waals surface area (Å²) in [6, 6.07) is 17.8. The number of hydrogen-bond donors (Lipinski definition) is 3. The van der Waals surface area contributed by atoms with E-state index in [2.05, 4.69) is 15.6 Å². The number of carbonyl (C=O) groups excluding carboxylic acids is 2. The molecular weight excluding hydrogens is 474 g/mol. The molecule has 4 rings (SSSR count). The fourth-order valence-corrected chi connectivity index (χ4v) is 4.30. The average molecular weight is 504 g/mol. The van der Waals surface area contributed by atoms with Crippen LogP contribution in [-0.2, 0) is 20.7 Å². The number of amides is 2. The first kappa shape index (κ1) is 25.7. The van der Waals surface area contributed by atoms with Crippen molar-refractivity contribution in [1.82, 2.24) is 10.3 Å². The maximum Gasteiger partial charge on any atom is 0.413 e. The van der Waals surface area contributed by atoms with Crippen molar-refractivity contribution in [3.05, 3.63) is 83.6 Å². The largest absolute Gasteiger partial charge is 0.480 e. The summed E-state index contributed by atoms with van der Waals surface area (Å²) in [4.78, 5) is 40.5. The summed E-state index contributed by atoms with van der Waals surface area (Å²) in [5, 5.41) is 14.6. The molecule has 1 aromatic heterocycles. The Hall–Kier alpha value is -4.40. The molecule has 1 aliphatic rings. The maximum absolute atomic E-state index is 12.6. The molecule has 0 unspecified atom stereocenters. The standard InChI is InChI=1S/C28H29N3O6/c1-28(2,3)37-27(35)31-24-15-17(12-13-29-24)14-23(25(32)33)30-26(34)36-16-22-20-10-6-4-8-18(20)19-9-5-7-11-21(19)22/h4-13,15,22-23H,14,16H2,1-3H3,(H,30,34)(H,32,33)(H,29,31,35)/t23-/m1/s1. The number of carboxylic acid groups (broad SMARTS) is 1. The van der Waals surface area contributed by atoms with Crippen LogP contribution in [0.4, 0.5) is 15.4 Å². The van der Waals surface area contributed by atoms with E-state index in [1.54, 1.807) is 26.8 Å². The molecule has 192 valence electrons. The second-order valence-corrected chi connectivity index (χ2v) is 9.74. The lowest BCUT2D eigenvalue weighted by Crippen LogP contribution is -2.43. The molecular formula is C28H29N3O6. The third kappa shape index (κ3) is 6.43. The Morgan fingerprint density at radius 3 is 2.19 bits per heavy atom. The molecule has 0 fully saturated rings. The Labute approximate surface area is 214 Å². The third-order valence-corrected chi connectivity index (χ3v) is 5.83. The zero-order chi connectivity index (χ0) is 26.6. The van der Waals surface area contributed by atoms with Gasteiger partial charge in [-0.1, -0.05) is 48.5 Å². The van der Waals surface area contributed by atoms with Crippen LogP contribution in [0.2, 0.25) is 0 Å². The van der Waals surface area contributed by atoms with Crippen molar-refractivity contribution < 1.29 is 29.0 Å². The van der Waals surface area contributed by atoms with E-state index in [4.69, 9.17) is 9.47 Å². The van der Waals surface area contributed by atoms with Gasteiger partial charge < -0.3 is 19.9 Å². The van der Waals surface area contributed by atoms with Crippen LogP contribution in [0.5, 0.6) is 0 Å². The van der Waals surface area contributed by atoms with E-state index in [9.17, 15) is 19.5 Å². The van der Waals surface area contributed by atoms with E-state index >= 15 is 0 Å². The van der Waals surface area contributed by atoms with Gasteiger partial charge in [0.25, 0.3) is 0 Å². The Morgan fingerprint density at radius 2 is 1.59 bits per heavy atom. The highest BCUT2D eigenvalue weighted by molar-refractivity contribution is 5.84. The van der Waals surface area contributed by atoms with Crippen molar-refractivity contribution in [2.45, 2.75) is 44.8 Å². The molecule has 3 N–H and O–H groups in total. The summed E-state index contributed by atoms with van der Waals surface area (Å²) in [6.45, 7) is 5.29. The van der Waals surface area contributed by atoms with Crippen molar-refractivity contribution in [1.29, 1.82) is 0 Å². The van der Waals surface area contributed by atoms with Gasteiger partial charge in [-0.15, -0.1) is 0 Å². The smallest absolute Gasteiger partial charge is 0.413 e. The number of fused-ring (bicyclic) bond motifs is 3. The second kappa shape index (κ2) is 10.7. The number of anilines is 1. The monoisotopic (exact) mass is 503 g/mol. The fourth-order valence-electron chi connectivity index (χ4n) is 4.30. The van der Waals surface area contributed by atoms with Crippen LogP contribution >= 0.6 is 0 Å². The summed E-state index contributed by atoms with van der Waals surface area (Å²) >= 11 is 0. The number of carboxylic acids is 1. The molecule has 0 saturated heterocycles. The number of carbonyl (C=O) groups is 3. The van der Waals surface area contributed by atoms with Crippen LogP contribution in [0.1, 0.15) is 43.4 Å². The normalized spacial score (nSPS) is 13.2. The number of ether oxygens (including phenoxy) is 2. The number of aromatic nitrogens is 1. The van der Waals surface area contributed by atoms with E-state index in [1.165, 1.54) is 12.3 Å². The van der Waals surface area contributed by atoms with Crippen LogP contribution in [-0.4, -0.2) is 46.5 Å². The number of pyridine rings is 1. The topological polar surface area (TPSA) is 127 Å². The quantitative estimate of drug-likeness (QED) is 0.416. The van der Waals surface area contributed by atoms with Gasteiger partial charge in [0.15, 0.2) is 0 Å².